The van der Waals surface area contributed by atoms with Crippen molar-refractivity contribution in [2.24, 2.45) is 5.92 Å². The lowest BCUT2D eigenvalue weighted by molar-refractivity contribution is -0.308. The standard InChI is InChI=1S/C15H17NO2/c1-8-6-9(2)13-10-4-3-5-11(10)14(15(17)18)16-12(13)7-8/h3-4,6-7,10-11,14,16H,5H2,1-2H3,(H,17,18)/p-1/t10-,11-,14+/m1/s1. The normalized spacial score (nSPS) is 28.4. The van der Waals surface area contributed by atoms with Crippen LogP contribution in [-0.2, 0) is 4.79 Å². The summed E-state index contributed by atoms with van der Waals surface area (Å²) in [5, 5.41) is 14.4. The van der Waals surface area contributed by atoms with Crippen molar-refractivity contribution in [1.29, 1.82) is 0 Å². The third-order valence-corrected chi connectivity index (χ3v) is 4.07. The first-order chi connectivity index (χ1) is 8.58. The zero-order valence-electron chi connectivity index (χ0n) is 10.6. The van der Waals surface area contributed by atoms with Gasteiger partial charge in [0.2, 0.25) is 0 Å². The fraction of sp³-hybridized carbons (Fsp3) is 0.400. The number of fused-ring (bicyclic) bond motifs is 3. The lowest BCUT2D eigenvalue weighted by atomic mass is 9.77. The van der Waals surface area contributed by atoms with Crippen molar-refractivity contribution >= 4 is 11.7 Å². The quantitative estimate of drug-likeness (QED) is 0.759. The average molecular weight is 242 g/mol. The van der Waals surface area contributed by atoms with Crippen LogP contribution in [0.2, 0.25) is 0 Å². The van der Waals surface area contributed by atoms with E-state index in [1.807, 2.05) is 13.0 Å². The van der Waals surface area contributed by atoms with E-state index in [4.69, 9.17) is 0 Å². The Labute approximate surface area is 107 Å². The van der Waals surface area contributed by atoms with Crippen LogP contribution in [-0.4, -0.2) is 12.0 Å². The molecule has 0 fully saturated rings. The monoisotopic (exact) mass is 242 g/mol. The largest absolute Gasteiger partial charge is 0.548 e. The van der Waals surface area contributed by atoms with Gasteiger partial charge in [-0.25, -0.2) is 0 Å². The molecule has 3 rings (SSSR count). The molecule has 0 spiro atoms. The van der Waals surface area contributed by atoms with Gasteiger partial charge in [-0.05, 0) is 48.9 Å². The molecule has 0 saturated heterocycles. The van der Waals surface area contributed by atoms with Gasteiger partial charge >= 0.3 is 0 Å². The molecule has 1 heterocycles. The van der Waals surface area contributed by atoms with Crippen molar-refractivity contribution in [1.82, 2.24) is 0 Å². The van der Waals surface area contributed by atoms with Crippen LogP contribution in [0.1, 0.15) is 29.0 Å². The van der Waals surface area contributed by atoms with Gasteiger partial charge in [-0.2, -0.15) is 0 Å². The van der Waals surface area contributed by atoms with Crippen LogP contribution in [0.25, 0.3) is 0 Å². The molecule has 1 aromatic rings. The van der Waals surface area contributed by atoms with E-state index in [-0.39, 0.29) is 11.8 Å². The van der Waals surface area contributed by atoms with Crippen molar-refractivity contribution in [3.8, 4) is 0 Å². The summed E-state index contributed by atoms with van der Waals surface area (Å²) in [6, 6.07) is 3.60. The second kappa shape index (κ2) is 3.87. The molecule has 3 heteroatoms. The molecule has 0 amide bonds. The number of hydrogen-bond donors (Lipinski definition) is 1. The highest BCUT2D eigenvalue weighted by molar-refractivity contribution is 5.79. The van der Waals surface area contributed by atoms with Gasteiger partial charge in [-0.1, -0.05) is 18.2 Å². The summed E-state index contributed by atoms with van der Waals surface area (Å²) in [6.07, 6.45) is 5.03. The van der Waals surface area contributed by atoms with Crippen LogP contribution in [0.4, 0.5) is 5.69 Å². The van der Waals surface area contributed by atoms with Gasteiger partial charge in [0.05, 0.1) is 12.0 Å². The van der Waals surface area contributed by atoms with Gasteiger partial charge in [-0.3, -0.25) is 0 Å². The summed E-state index contributed by atoms with van der Waals surface area (Å²) in [7, 11) is 0. The van der Waals surface area contributed by atoms with E-state index >= 15 is 0 Å². The summed E-state index contributed by atoms with van der Waals surface area (Å²) >= 11 is 0. The number of carbonyl (C=O) groups excluding carboxylic acids is 1. The molecule has 18 heavy (non-hydrogen) atoms. The summed E-state index contributed by atoms with van der Waals surface area (Å²) in [5.74, 6) is -0.702. The Hall–Kier alpha value is -1.77. The number of nitrogens with one attached hydrogen (secondary N) is 1. The number of benzene rings is 1. The molecule has 1 aliphatic heterocycles. The number of anilines is 1. The van der Waals surface area contributed by atoms with E-state index in [1.165, 1.54) is 11.1 Å². The van der Waals surface area contributed by atoms with E-state index in [9.17, 15) is 9.90 Å². The van der Waals surface area contributed by atoms with Crippen LogP contribution in [0.3, 0.4) is 0 Å². The molecule has 0 radical (unpaired) electrons. The van der Waals surface area contributed by atoms with E-state index in [1.54, 1.807) is 0 Å². The zero-order chi connectivity index (χ0) is 12.9. The lowest BCUT2D eigenvalue weighted by Crippen LogP contribution is -2.49. The van der Waals surface area contributed by atoms with Crippen LogP contribution < -0.4 is 10.4 Å². The second-order valence-electron chi connectivity index (χ2n) is 5.34. The molecule has 1 N–H and O–H groups in total. The van der Waals surface area contributed by atoms with Gasteiger partial charge in [0.25, 0.3) is 0 Å². The molecule has 94 valence electrons. The molecule has 0 unspecified atom stereocenters. The molecule has 0 saturated carbocycles. The molecule has 1 aromatic carbocycles. The molecule has 3 atom stereocenters. The fourth-order valence-corrected chi connectivity index (χ4v) is 3.37. The van der Waals surface area contributed by atoms with Gasteiger partial charge in [-0.15, -0.1) is 0 Å². The fourth-order valence-electron chi connectivity index (χ4n) is 3.37. The Balaban J connectivity index is 2.14. The first-order valence-corrected chi connectivity index (χ1v) is 6.33. The van der Waals surface area contributed by atoms with Crippen LogP contribution in [0.15, 0.2) is 24.3 Å². The average Bonchev–Trinajstić information content (AvgIpc) is 2.75. The maximum Gasteiger partial charge on any atom is 0.0698 e. The molecule has 0 bridgehead atoms. The molecule has 1 aliphatic carbocycles. The van der Waals surface area contributed by atoms with Crippen molar-refractivity contribution in [2.75, 3.05) is 5.32 Å². The Bertz CT molecular complexity index is 548. The summed E-state index contributed by atoms with van der Waals surface area (Å²) in [6.45, 7) is 4.12. The third-order valence-electron chi connectivity index (χ3n) is 4.07. The third kappa shape index (κ3) is 1.54. The minimum absolute atomic E-state index is 0.0870. The van der Waals surface area contributed by atoms with Gasteiger partial charge in [0, 0.05) is 11.6 Å². The Morgan fingerprint density at radius 2 is 2.17 bits per heavy atom. The number of carboxylic acids is 1. The summed E-state index contributed by atoms with van der Waals surface area (Å²) in [4.78, 5) is 11.3. The van der Waals surface area contributed by atoms with Crippen LogP contribution in [0.5, 0.6) is 0 Å². The Morgan fingerprint density at radius 3 is 2.89 bits per heavy atom. The highest BCUT2D eigenvalue weighted by atomic mass is 16.4. The van der Waals surface area contributed by atoms with Crippen LogP contribution in [0, 0.1) is 19.8 Å². The second-order valence-corrected chi connectivity index (χ2v) is 5.34. The number of aryl methyl sites for hydroxylation is 2. The van der Waals surface area contributed by atoms with Crippen molar-refractivity contribution in [2.45, 2.75) is 32.2 Å². The first kappa shape index (κ1) is 11.3. The Morgan fingerprint density at radius 1 is 1.39 bits per heavy atom. The van der Waals surface area contributed by atoms with Crippen LogP contribution >= 0.6 is 0 Å². The van der Waals surface area contributed by atoms with Crippen molar-refractivity contribution in [3.05, 3.63) is 41.0 Å². The maximum absolute atomic E-state index is 11.3. The predicted molar refractivity (Wildman–Crippen MR) is 68.3 cm³/mol. The summed E-state index contributed by atoms with van der Waals surface area (Å²) < 4.78 is 0. The minimum atomic E-state index is -1.00. The summed E-state index contributed by atoms with van der Waals surface area (Å²) in [5.41, 5.74) is 4.58. The Kier molecular flexibility index (Phi) is 2.44. The molecule has 3 nitrogen and oxygen atoms in total. The van der Waals surface area contributed by atoms with E-state index in [2.05, 4.69) is 30.5 Å². The molecular weight excluding hydrogens is 226 g/mol. The molecule has 2 aliphatic rings. The zero-order valence-corrected chi connectivity index (χ0v) is 10.6. The number of allylic oxidation sites excluding steroid dienone is 2. The minimum Gasteiger partial charge on any atom is -0.548 e. The van der Waals surface area contributed by atoms with Gasteiger partial charge < -0.3 is 15.2 Å². The highest BCUT2D eigenvalue weighted by Gasteiger charge is 2.38. The van der Waals surface area contributed by atoms with E-state index in [0.29, 0.717) is 0 Å². The highest BCUT2D eigenvalue weighted by Crippen LogP contribution is 2.46. The number of hydrogen-bond acceptors (Lipinski definition) is 3. The van der Waals surface area contributed by atoms with E-state index in [0.717, 1.165) is 17.7 Å². The lowest BCUT2D eigenvalue weighted by Gasteiger charge is -2.38. The SMILES string of the molecule is Cc1cc(C)c2c(c1)N[C@H](C(=O)[O-])[C@@H]1CC=C[C@@H]21. The van der Waals surface area contributed by atoms with Gasteiger partial charge in [0.1, 0.15) is 0 Å². The smallest absolute Gasteiger partial charge is 0.0698 e. The number of aliphatic carboxylic acids is 1. The number of carboxylic acid groups (broad SMARTS) is 1. The first-order valence-electron chi connectivity index (χ1n) is 6.33. The molecular formula is C15H16NO2-. The van der Waals surface area contributed by atoms with E-state index < -0.39 is 12.0 Å². The maximum atomic E-state index is 11.3. The van der Waals surface area contributed by atoms with Crippen molar-refractivity contribution < 1.29 is 9.90 Å². The van der Waals surface area contributed by atoms with Crippen molar-refractivity contribution in [3.63, 3.8) is 0 Å². The topological polar surface area (TPSA) is 52.2 Å². The predicted octanol–water partition coefficient (Wildman–Crippen LogP) is 1.51. The number of rotatable bonds is 1. The van der Waals surface area contributed by atoms with Gasteiger partial charge in [0.15, 0.2) is 0 Å². The number of carbonyl (C=O) groups is 1. The molecule has 0 aromatic heterocycles.